The molecule has 0 bridgehead atoms. The summed E-state index contributed by atoms with van der Waals surface area (Å²) in [7, 11) is 0. The van der Waals surface area contributed by atoms with Crippen molar-refractivity contribution in [3.05, 3.63) is 28.8 Å². The van der Waals surface area contributed by atoms with Crippen molar-refractivity contribution in [1.82, 2.24) is 15.5 Å². The third-order valence-electron chi connectivity index (χ3n) is 3.28. The first-order valence-corrected chi connectivity index (χ1v) is 10.6. The Morgan fingerprint density at radius 3 is 2.32 bits per heavy atom. The van der Waals surface area contributed by atoms with E-state index in [0.29, 0.717) is 0 Å². The minimum absolute atomic E-state index is 0.0572. The molecule has 0 saturated carbocycles. The molecular formula is C16H20N4O2S3. The Labute approximate surface area is 159 Å². The molecule has 0 aliphatic heterocycles. The van der Waals surface area contributed by atoms with Crippen molar-refractivity contribution in [2.24, 2.45) is 0 Å². The van der Waals surface area contributed by atoms with E-state index < -0.39 is 0 Å². The summed E-state index contributed by atoms with van der Waals surface area (Å²) in [5.74, 6) is -0.244. The van der Waals surface area contributed by atoms with Crippen LogP contribution in [-0.2, 0) is 9.59 Å². The number of rotatable bonds is 7. The predicted molar refractivity (Wildman–Crippen MR) is 105 cm³/mol. The molecule has 0 unspecified atom stereocenters. The molecule has 0 fully saturated rings. The van der Waals surface area contributed by atoms with Crippen molar-refractivity contribution in [3.63, 3.8) is 0 Å². The summed E-state index contributed by atoms with van der Waals surface area (Å²) in [6.45, 7) is 5.87. The number of hydrogen-bond acceptors (Lipinski definition) is 7. The van der Waals surface area contributed by atoms with Crippen LogP contribution in [0.3, 0.4) is 0 Å². The average Bonchev–Trinajstić information content (AvgIpc) is 3.02. The molecule has 1 aromatic heterocycles. The fourth-order valence-electron chi connectivity index (χ4n) is 2.26. The highest BCUT2D eigenvalue weighted by molar-refractivity contribution is 8.03. The zero-order valence-corrected chi connectivity index (χ0v) is 17.0. The van der Waals surface area contributed by atoms with Gasteiger partial charge in [-0.15, -0.1) is 10.2 Å². The first-order valence-electron chi connectivity index (χ1n) is 7.53. The summed E-state index contributed by atoms with van der Waals surface area (Å²) in [4.78, 5) is 23.9. The molecule has 0 radical (unpaired) electrons. The third-order valence-corrected chi connectivity index (χ3v) is 6.31. The number of thioether (sulfide) groups is 2. The van der Waals surface area contributed by atoms with Gasteiger partial charge in [0, 0.05) is 5.69 Å². The molecule has 2 rings (SSSR count). The summed E-state index contributed by atoms with van der Waals surface area (Å²) in [5, 5.41) is 13.4. The molecule has 0 spiro atoms. The molecule has 9 heteroatoms. The molecule has 2 aromatic rings. The summed E-state index contributed by atoms with van der Waals surface area (Å²) >= 11 is 4.28. The lowest BCUT2D eigenvalue weighted by atomic mass is 10.1. The van der Waals surface area contributed by atoms with Gasteiger partial charge in [0.1, 0.15) is 0 Å². The van der Waals surface area contributed by atoms with Crippen LogP contribution in [0.4, 0.5) is 5.69 Å². The topological polar surface area (TPSA) is 84.0 Å². The predicted octanol–water partition coefficient (Wildman–Crippen LogP) is 3.03. The van der Waals surface area contributed by atoms with Gasteiger partial charge in [0.2, 0.25) is 11.8 Å². The van der Waals surface area contributed by atoms with Gasteiger partial charge in [-0.25, -0.2) is 0 Å². The van der Waals surface area contributed by atoms with E-state index in [1.165, 1.54) is 34.9 Å². The summed E-state index contributed by atoms with van der Waals surface area (Å²) < 4.78 is 1.61. The minimum atomic E-state index is -0.242. The van der Waals surface area contributed by atoms with Gasteiger partial charge in [0.05, 0.1) is 12.3 Å². The van der Waals surface area contributed by atoms with Gasteiger partial charge < -0.3 is 10.6 Å². The van der Waals surface area contributed by atoms with E-state index in [9.17, 15) is 9.59 Å². The van der Waals surface area contributed by atoms with E-state index in [1.54, 1.807) is 0 Å². The highest BCUT2D eigenvalue weighted by atomic mass is 32.2. The van der Waals surface area contributed by atoms with Gasteiger partial charge >= 0.3 is 0 Å². The monoisotopic (exact) mass is 396 g/mol. The summed E-state index contributed by atoms with van der Waals surface area (Å²) in [6.07, 6.45) is 1.93. The van der Waals surface area contributed by atoms with E-state index in [1.807, 2.05) is 39.2 Å². The number of amides is 2. The zero-order valence-electron chi connectivity index (χ0n) is 14.5. The second kappa shape index (κ2) is 9.21. The maximum absolute atomic E-state index is 12.1. The maximum Gasteiger partial charge on any atom is 0.243 e. The van der Waals surface area contributed by atoms with Crippen LogP contribution in [0, 0.1) is 20.8 Å². The average molecular weight is 397 g/mol. The second-order valence-electron chi connectivity index (χ2n) is 5.43. The molecule has 6 nitrogen and oxygen atoms in total. The van der Waals surface area contributed by atoms with E-state index in [2.05, 4.69) is 20.8 Å². The largest absolute Gasteiger partial charge is 0.346 e. The Morgan fingerprint density at radius 2 is 1.72 bits per heavy atom. The first-order chi connectivity index (χ1) is 11.9. The fraction of sp³-hybridized carbons (Fsp3) is 0.375. The molecular weight excluding hydrogens is 376 g/mol. The number of hydrogen-bond donors (Lipinski definition) is 2. The van der Waals surface area contributed by atoms with E-state index in [-0.39, 0.29) is 24.1 Å². The van der Waals surface area contributed by atoms with Crippen LogP contribution in [0.1, 0.15) is 16.7 Å². The number of aryl methyl sites for hydroxylation is 3. The normalized spacial score (nSPS) is 10.6. The van der Waals surface area contributed by atoms with E-state index >= 15 is 0 Å². The molecule has 0 aliphatic carbocycles. The second-order valence-corrected chi connectivity index (χ2v) is 8.68. The molecule has 134 valence electrons. The van der Waals surface area contributed by atoms with Crippen LogP contribution in [-0.4, -0.2) is 40.6 Å². The van der Waals surface area contributed by atoms with Crippen LogP contribution in [0.5, 0.6) is 0 Å². The quantitative estimate of drug-likeness (QED) is 0.700. The van der Waals surface area contributed by atoms with Crippen LogP contribution in [0.25, 0.3) is 0 Å². The molecule has 0 saturated heterocycles. The number of carbonyl (C=O) groups is 2. The van der Waals surface area contributed by atoms with Crippen LogP contribution in [0.2, 0.25) is 0 Å². The fourth-order valence-corrected chi connectivity index (χ4v) is 4.52. The van der Waals surface area contributed by atoms with Crippen molar-refractivity contribution in [3.8, 4) is 0 Å². The Kier molecular flexibility index (Phi) is 7.27. The SMILES string of the molecule is CSc1nnc(SCC(=O)NCC(=O)Nc2c(C)cc(C)cc2C)s1. The number of nitrogens with one attached hydrogen (secondary N) is 2. The van der Waals surface area contributed by atoms with E-state index in [4.69, 9.17) is 0 Å². The van der Waals surface area contributed by atoms with Crippen molar-refractivity contribution in [2.45, 2.75) is 29.5 Å². The molecule has 0 atom stereocenters. The van der Waals surface area contributed by atoms with Crippen LogP contribution >= 0.6 is 34.9 Å². The van der Waals surface area contributed by atoms with Gasteiger partial charge in [-0.05, 0) is 38.2 Å². The Hall–Kier alpha value is -1.58. The Bertz CT molecular complexity index is 753. The van der Waals surface area contributed by atoms with E-state index in [0.717, 1.165) is 31.1 Å². The third kappa shape index (κ3) is 6.02. The first kappa shape index (κ1) is 19.7. The van der Waals surface area contributed by atoms with Gasteiger partial charge in [-0.2, -0.15) is 0 Å². The molecule has 2 amide bonds. The lowest BCUT2D eigenvalue weighted by Gasteiger charge is -2.13. The number of benzene rings is 1. The summed E-state index contributed by atoms with van der Waals surface area (Å²) in [5.41, 5.74) is 3.97. The molecule has 0 aliphatic rings. The highest BCUT2D eigenvalue weighted by Crippen LogP contribution is 2.27. The van der Waals surface area contributed by atoms with Gasteiger partial charge in [-0.1, -0.05) is 52.6 Å². The lowest BCUT2D eigenvalue weighted by Crippen LogP contribution is -2.34. The molecule has 1 heterocycles. The maximum atomic E-state index is 12.1. The molecule has 1 aromatic carbocycles. The standard InChI is InChI=1S/C16H20N4O2S3/c1-9-5-10(2)14(11(3)6-9)18-12(21)7-17-13(22)8-24-16-20-19-15(23-4)25-16/h5-6H,7-8H2,1-4H3,(H,17,22)(H,18,21). The number of anilines is 1. The Balaban J connectivity index is 1.78. The van der Waals surface area contributed by atoms with Gasteiger partial charge in [0.15, 0.2) is 8.68 Å². The zero-order chi connectivity index (χ0) is 18.4. The van der Waals surface area contributed by atoms with Gasteiger partial charge in [-0.3, -0.25) is 9.59 Å². The smallest absolute Gasteiger partial charge is 0.243 e. The Morgan fingerprint density at radius 1 is 1.08 bits per heavy atom. The van der Waals surface area contributed by atoms with Gasteiger partial charge in [0.25, 0.3) is 0 Å². The van der Waals surface area contributed by atoms with Crippen LogP contribution < -0.4 is 10.6 Å². The minimum Gasteiger partial charge on any atom is -0.346 e. The van der Waals surface area contributed by atoms with Crippen molar-refractivity contribution in [1.29, 1.82) is 0 Å². The molecule has 25 heavy (non-hydrogen) atoms. The lowest BCUT2D eigenvalue weighted by molar-refractivity contribution is -0.122. The summed E-state index contributed by atoms with van der Waals surface area (Å²) in [6, 6.07) is 4.03. The molecule has 2 N–H and O–H groups in total. The number of nitrogens with zero attached hydrogens (tertiary/aromatic N) is 2. The van der Waals surface area contributed by atoms with Crippen LogP contribution in [0.15, 0.2) is 20.8 Å². The number of carbonyl (C=O) groups excluding carboxylic acids is 2. The van der Waals surface area contributed by atoms with Crippen molar-refractivity contribution >= 4 is 52.4 Å². The van der Waals surface area contributed by atoms with Crippen molar-refractivity contribution in [2.75, 3.05) is 23.9 Å². The number of aromatic nitrogens is 2. The van der Waals surface area contributed by atoms with Crippen molar-refractivity contribution < 1.29 is 9.59 Å². The highest BCUT2D eigenvalue weighted by Gasteiger charge is 2.11.